The predicted octanol–water partition coefficient (Wildman–Crippen LogP) is 3.20. The van der Waals surface area contributed by atoms with Crippen molar-refractivity contribution < 1.29 is 23.5 Å². The van der Waals surface area contributed by atoms with E-state index in [0.29, 0.717) is 16.7 Å². The van der Waals surface area contributed by atoms with Crippen LogP contribution in [0.4, 0.5) is 0 Å². The number of carbonyl (C=O) groups is 2. The van der Waals surface area contributed by atoms with Crippen LogP contribution in [0.25, 0.3) is 21.9 Å². The van der Waals surface area contributed by atoms with E-state index >= 15 is 0 Å². The van der Waals surface area contributed by atoms with Crippen molar-refractivity contribution in [2.75, 3.05) is 12.0 Å². The van der Waals surface area contributed by atoms with Crippen molar-refractivity contribution >= 4 is 45.6 Å². The van der Waals surface area contributed by atoms with Crippen molar-refractivity contribution in [2.45, 2.75) is 45.1 Å². The number of thioether (sulfide) groups is 1. The number of furan rings is 1. The highest BCUT2D eigenvalue weighted by molar-refractivity contribution is 7.98. The summed E-state index contributed by atoms with van der Waals surface area (Å²) in [6, 6.07) is 2.73. The van der Waals surface area contributed by atoms with E-state index in [9.17, 15) is 19.5 Å². The van der Waals surface area contributed by atoms with E-state index in [1.807, 2.05) is 6.07 Å². The summed E-state index contributed by atoms with van der Waals surface area (Å²) in [6.07, 6.45) is 5.63. The summed E-state index contributed by atoms with van der Waals surface area (Å²) in [4.78, 5) is 36.3. The molecule has 0 spiro atoms. The maximum Gasteiger partial charge on any atom is 0.340 e. The van der Waals surface area contributed by atoms with E-state index in [-0.39, 0.29) is 17.7 Å². The zero-order valence-electron chi connectivity index (χ0n) is 16.9. The van der Waals surface area contributed by atoms with E-state index in [1.165, 1.54) is 17.3 Å². The molecule has 0 radical (unpaired) electrons. The molecule has 1 amide bonds. The SMILES string of the molecule is CSCC(NC(=O)Cc1c(C)c2cc3c4c(oc3cc2oc1=O)CCCC4)C(=O)O. The Balaban J connectivity index is 1.72. The van der Waals surface area contributed by atoms with Crippen LogP contribution in [0, 0.1) is 6.92 Å². The first-order valence-corrected chi connectivity index (χ1v) is 11.3. The molecule has 3 aromatic rings. The van der Waals surface area contributed by atoms with Gasteiger partial charge in [0.1, 0.15) is 23.0 Å². The highest BCUT2D eigenvalue weighted by Crippen LogP contribution is 2.35. The molecule has 4 rings (SSSR count). The summed E-state index contributed by atoms with van der Waals surface area (Å²) < 4.78 is 11.5. The number of rotatable bonds is 6. The number of hydrogen-bond acceptors (Lipinski definition) is 6. The third kappa shape index (κ3) is 3.71. The number of nitrogens with one attached hydrogen (secondary N) is 1. The number of hydrogen-bond donors (Lipinski definition) is 2. The molecule has 1 unspecified atom stereocenters. The maximum absolute atomic E-state index is 12.6. The van der Waals surface area contributed by atoms with Crippen LogP contribution < -0.4 is 10.9 Å². The summed E-state index contributed by atoms with van der Waals surface area (Å²) >= 11 is 1.32. The number of amides is 1. The number of aliphatic carboxylic acids is 1. The van der Waals surface area contributed by atoms with Gasteiger partial charge in [-0.2, -0.15) is 11.8 Å². The molecule has 0 bridgehead atoms. The van der Waals surface area contributed by atoms with Crippen LogP contribution in [0.3, 0.4) is 0 Å². The molecule has 158 valence electrons. The van der Waals surface area contributed by atoms with Crippen LogP contribution in [-0.4, -0.2) is 35.0 Å². The van der Waals surface area contributed by atoms with Crippen molar-refractivity contribution in [2.24, 2.45) is 0 Å². The minimum atomic E-state index is -1.10. The third-order valence-electron chi connectivity index (χ3n) is 5.67. The van der Waals surface area contributed by atoms with Crippen LogP contribution >= 0.6 is 11.8 Å². The molecule has 1 aromatic carbocycles. The van der Waals surface area contributed by atoms with Crippen LogP contribution in [-0.2, 0) is 28.9 Å². The molecule has 1 atom stereocenters. The topological polar surface area (TPSA) is 110 Å². The lowest BCUT2D eigenvalue weighted by molar-refractivity contribution is -0.141. The lowest BCUT2D eigenvalue weighted by atomic mass is 9.94. The van der Waals surface area contributed by atoms with Gasteiger partial charge in [-0.3, -0.25) is 4.79 Å². The monoisotopic (exact) mass is 429 g/mol. The lowest BCUT2D eigenvalue weighted by Crippen LogP contribution is -2.43. The average Bonchev–Trinajstić information content (AvgIpc) is 3.07. The highest BCUT2D eigenvalue weighted by atomic mass is 32.2. The van der Waals surface area contributed by atoms with Gasteiger partial charge in [-0.15, -0.1) is 0 Å². The molecule has 0 saturated carbocycles. The summed E-state index contributed by atoms with van der Waals surface area (Å²) in [5.74, 6) is -0.379. The van der Waals surface area contributed by atoms with E-state index in [4.69, 9.17) is 8.83 Å². The zero-order chi connectivity index (χ0) is 21.4. The first kappa shape index (κ1) is 20.5. The number of benzene rings is 1. The van der Waals surface area contributed by atoms with Crippen LogP contribution in [0.2, 0.25) is 0 Å². The first-order chi connectivity index (χ1) is 14.4. The number of aryl methyl sites for hydroxylation is 3. The molecule has 30 heavy (non-hydrogen) atoms. The summed E-state index contributed by atoms with van der Waals surface area (Å²) in [5.41, 5.74) is 2.66. The fraction of sp³-hybridized carbons (Fsp3) is 0.409. The molecule has 1 aliphatic rings. The normalized spacial score (nSPS) is 14.6. The van der Waals surface area contributed by atoms with Crippen molar-refractivity contribution in [1.82, 2.24) is 5.32 Å². The second-order valence-corrected chi connectivity index (χ2v) is 8.55. The number of carboxylic acid groups (broad SMARTS) is 1. The minimum absolute atomic E-state index is 0.232. The van der Waals surface area contributed by atoms with Crippen LogP contribution in [0.5, 0.6) is 0 Å². The summed E-state index contributed by atoms with van der Waals surface area (Å²) in [7, 11) is 0. The number of carbonyl (C=O) groups excluding carboxylic acids is 1. The number of fused-ring (bicyclic) bond motifs is 4. The highest BCUT2D eigenvalue weighted by Gasteiger charge is 2.23. The molecule has 0 fully saturated rings. The molecule has 0 saturated heterocycles. The Morgan fingerprint density at radius 3 is 2.63 bits per heavy atom. The second-order valence-electron chi connectivity index (χ2n) is 7.64. The minimum Gasteiger partial charge on any atom is -0.480 e. The van der Waals surface area contributed by atoms with Crippen molar-refractivity contribution in [1.29, 1.82) is 0 Å². The van der Waals surface area contributed by atoms with E-state index in [2.05, 4.69) is 5.32 Å². The fourth-order valence-corrected chi connectivity index (χ4v) is 4.66. The molecule has 2 N–H and O–H groups in total. The van der Waals surface area contributed by atoms with Gasteiger partial charge in [0, 0.05) is 34.6 Å². The Bertz CT molecular complexity index is 1210. The molecule has 2 heterocycles. The van der Waals surface area contributed by atoms with Gasteiger partial charge in [0.15, 0.2) is 0 Å². The van der Waals surface area contributed by atoms with Gasteiger partial charge in [-0.1, -0.05) is 0 Å². The van der Waals surface area contributed by atoms with Gasteiger partial charge in [0.25, 0.3) is 0 Å². The predicted molar refractivity (Wildman–Crippen MR) is 115 cm³/mol. The Hall–Kier alpha value is -2.74. The quantitative estimate of drug-likeness (QED) is 0.579. The van der Waals surface area contributed by atoms with Crippen LogP contribution in [0.15, 0.2) is 25.8 Å². The Kier molecular flexibility index (Phi) is 5.60. The smallest absolute Gasteiger partial charge is 0.340 e. The van der Waals surface area contributed by atoms with Gasteiger partial charge in [-0.25, -0.2) is 9.59 Å². The van der Waals surface area contributed by atoms with Crippen LogP contribution in [0.1, 0.15) is 35.3 Å². The Labute approximate surface area is 176 Å². The molecule has 1 aliphatic carbocycles. The van der Waals surface area contributed by atoms with Gasteiger partial charge in [0.2, 0.25) is 5.91 Å². The lowest BCUT2D eigenvalue weighted by Gasteiger charge is -2.14. The average molecular weight is 429 g/mol. The number of carboxylic acids is 1. The van der Waals surface area contributed by atoms with Crippen molar-refractivity contribution in [3.8, 4) is 0 Å². The van der Waals surface area contributed by atoms with Gasteiger partial charge >= 0.3 is 11.6 Å². The third-order valence-corrected chi connectivity index (χ3v) is 6.33. The summed E-state index contributed by atoms with van der Waals surface area (Å²) in [6.45, 7) is 1.79. The molecule has 2 aromatic heterocycles. The molecular weight excluding hydrogens is 406 g/mol. The zero-order valence-corrected chi connectivity index (χ0v) is 17.7. The second kappa shape index (κ2) is 8.18. The largest absolute Gasteiger partial charge is 0.480 e. The van der Waals surface area contributed by atoms with Gasteiger partial charge in [-0.05, 0) is 44.1 Å². The van der Waals surface area contributed by atoms with E-state index in [0.717, 1.165) is 42.2 Å². The Morgan fingerprint density at radius 1 is 1.17 bits per heavy atom. The molecular formula is C22H23NO6S. The van der Waals surface area contributed by atoms with Crippen molar-refractivity contribution in [3.63, 3.8) is 0 Å². The molecule has 7 nitrogen and oxygen atoms in total. The fourth-order valence-electron chi connectivity index (χ4n) is 4.10. The summed E-state index contributed by atoms with van der Waals surface area (Å²) in [5, 5.41) is 13.5. The molecule has 8 heteroatoms. The van der Waals surface area contributed by atoms with Gasteiger partial charge < -0.3 is 19.3 Å². The van der Waals surface area contributed by atoms with Gasteiger partial charge in [0.05, 0.1) is 12.0 Å². The first-order valence-electron chi connectivity index (χ1n) is 9.90. The molecule has 0 aliphatic heterocycles. The Morgan fingerprint density at radius 2 is 1.90 bits per heavy atom. The van der Waals surface area contributed by atoms with E-state index < -0.39 is 23.5 Å². The van der Waals surface area contributed by atoms with E-state index in [1.54, 1.807) is 19.2 Å². The van der Waals surface area contributed by atoms with Crippen molar-refractivity contribution in [3.05, 3.63) is 45.0 Å². The maximum atomic E-state index is 12.6. The standard InChI is InChI=1S/C22H23NO6S/c1-11-13-7-15-12-5-3-4-6-17(12)28-19(15)9-18(13)29-22(27)14(11)8-20(24)23-16(10-30-2)21(25)26/h7,9,16H,3-6,8,10H2,1-2H3,(H,23,24)(H,25,26).